The fraction of sp³-hybridized carbons (Fsp3) is 0.773. The SMILES string of the molecule is CN[C@@](C)(CO[C@H]1[C@H](n2ncnc2-c2cccnc2)CC23COC[C@@]1(C)[C@@H]2CC[C@H]1C3=CC[C@@]2(C)[C@H](C(=O)O)[C@@](C)([C@H](C)C(C)C)CC[C@]12C)C(C)C. The number of nitrogens with zero attached hydrogens (tertiary/aromatic N) is 4. The molecular weight excluding hydrogens is 663 g/mol. The lowest BCUT2D eigenvalue weighted by Crippen LogP contribution is -2.69. The molecule has 9 heteroatoms. The van der Waals surface area contributed by atoms with Gasteiger partial charge in [-0.15, -0.1) is 0 Å². The van der Waals surface area contributed by atoms with Gasteiger partial charge in [-0.25, -0.2) is 9.67 Å². The van der Waals surface area contributed by atoms with Gasteiger partial charge in [0.2, 0.25) is 0 Å². The largest absolute Gasteiger partial charge is 0.481 e. The summed E-state index contributed by atoms with van der Waals surface area (Å²) < 4.78 is 16.3. The number of hydrogen-bond donors (Lipinski definition) is 2. The predicted molar refractivity (Wildman–Crippen MR) is 208 cm³/mol. The van der Waals surface area contributed by atoms with Crippen LogP contribution >= 0.6 is 0 Å². The van der Waals surface area contributed by atoms with E-state index in [-0.39, 0.29) is 44.8 Å². The molecule has 2 bridgehead atoms. The second kappa shape index (κ2) is 13.3. The molecule has 9 nitrogen and oxygen atoms in total. The van der Waals surface area contributed by atoms with E-state index in [0.29, 0.717) is 49.4 Å². The topological polar surface area (TPSA) is 111 Å². The summed E-state index contributed by atoms with van der Waals surface area (Å²) in [4.78, 5) is 22.9. The summed E-state index contributed by atoms with van der Waals surface area (Å²) >= 11 is 0. The van der Waals surface area contributed by atoms with Gasteiger partial charge in [0, 0.05) is 34.3 Å². The van der Waals surface area contributed by atoms with Gasteiger partial charge in [0.05, 0.1) is 37.9 Å². The zero-order chi connectivity index (χ0) is 38.4. The van der Waals surface area contributed by atoms with Gasteiger partial charge >= 0.3 is 5.97 Å². The number of aliphatic carboxylic acids is 1. The van der Waals surface area contributed by atoms with Crippen molar-refractivity contribution < 1.29 is 19.4 Å². The van der Waals surface area contributed by atoms with Gasteiger partial charge in [-0.05, 0) is 110 Å². The van der Waals surface area contributed by atoms with Crippen molar-refractivity contribution in [3.63, 3.8) is 0 Å². The third kappa shape index (κ3) is 5.47. The lowest BCUT2D eigenvalue weighted by Gasteiger charge is -2.71. The van der Waals surface area contributed by atoms with E-state index in [1.54, 1.807) is 12.5 Å². The van der Waals surface area contributed by atoms with Crippen molar-refractivity contribution in [3.05, 3.63) is 42.5 Å². The average Bonchev–Trinajstić information content (AvgIpc) is 3.61. The maximum absolute atomic E-state index is 13.6. The zero-order valence-corrected chi connectivity index (χ0v) is 34.4. The maximum Gasteiger partial charge on any atom is 0.307 e. The first-order valence-corrected chi connectivity index (χ1v) is 20.5. The van der Waals surface area contributed by atoms with E-state index < -0.39 is 11.9 Å². The van der Waals surface area contributed by atoms with Crippen LogP contribution in [0.2, 0.25) is 0 Å². The van der Waals surface area contributed by atoms with Crippen LogP contribution in [0, 0.1) is 62.6 Å². The fourth-order valence-electron chi connectivity index (χ4n) is 13.1. The van der Waals surface area contributed by atoms with Gasteiger partial charge in [0.15, 0.2) is 5.82 Å². The molecule has 2 N–H and O–H groups in total. The van der Waals surface area contributed by atoms with Crippen molar-refractivity contribution in [3.8, 4) is 11.4 Å². The molecule has 2 aromatic heterocycles. The van der Waals surface area contributed by atoms with E-state index in [4.69, 9.17) is 19.6 Å². The van der Waals surface area contributed by atoms with Crippen molar-refractivity contribution in [1.29, 1.82) is 0 Å². The van der Waals surface area contributed by atoms with Gasteiger partial charge in [-0.1, -0.05) is 74.0 Å². The Morgan fingerprint density at radius 2 is 1.87 bits per heavy atom. The molecule has 1 saturated heterocycles. The molecule has 2 aromatic rings. The summed E-state index contributed by atoms with van der Waals surface area (Å²) in [7, 11) is 2.04. The minimum atomic E-state index is -0.618. The second-order valence-corrected chi connectivity index (χ2v) is 19.9. The summed E-state index contributed by atoms with van der Waals surface area (Å²) in [5.74, 6) is 1.55. The van der Waals surface area contributed by atoms with Crippen molar-refractivity contribution in [2.45, 2.75) is 125 Å². The molecule has 0 radical (unpaired) electrons. The average molecular weight is 730 g/mol. The van der Waals surface area contributed by atoms with Crippen LogP contribution in [0.1, 0.15) is 114 Å². The van der Waals surface area contributed by atoms with Gasteiger partial charge < -0.3 is 19.9 Å². The normalized spacial score (nSPS) is 41.2. The monoisotopic (exact) mass is 730 g/mol. The second-order valence-electron chi connectivity index (χ2n) is 19.9. The number of ether oxygens (including phenoxy) is 2. The van der Waals surface area contributed by atoms with Crippen LogP contribution in [0.3, 0.4) is 0 Å². The molecule has 4 aliphatic carbocycles. The Hall–Kier alpha value is -2.62. The van der Waals surface area contributed by atoms with Crippen LogP contribution in [0.5, 0.6) is 0 Å². The first-order valence-electron chi connectivity index (χ1n) is 20.5. The molecule has 0 amide bonds. The molecule has 12 atom stereocenters. The van der Waals surface area contributed by atoms with Crippen LogP contribution in [-0.2, 0) is 14.3 Å². The Labute approximate surface area is 318 Å². The molecule has 7 rings (SSSR count). The smallest absolute Gasteiger partial charge is 0.307 e. The Kier molecular flexibility index (Phi) is 9.67. The first-order chi connectivity index (χ1) is 24.9. The number of carbonyl (C=O) groups is 1. The number of carboxylic acids is 1. The van der Waals surface area contributed by atoms with Gasteiger partial charge in [-0.3, -0.25) is 9.78 Å². The van der Waals surface area contributed by atoms with Crippen LogP contribution in [0.25, 0.3) is 11.4 Å². The molecule has 0 aromatic carbocycles. The molecular formula is C44H67N5O4. The lowest BCUT2D eigenvalue weighted by molar-refractivity contribution is -0.253. The first kappa shape index (κ1) is 38.6. The van der Waals surface area contributed by atoms with Crippen LogP contribution in [-0.4, -0.2) is 69.3 Å². The van der Waals surface area contributed by atoms with E-state index in [1.165, 1.54) is 5.57 Å². The molecule has 53 heavy (non-hydrogen) atoms. The molecule has 0 spiro atoms. The van der Waals surface area contributed by atoms with E-state index in [0.717, 1.165) is 49.9 Å². The van der Waals surface area contributed by atoms with Crippen molar-refractivity contribution in [2.24, 2.45) is 62.6 Å². The van der Waals surface area contributed by atoms with Gasteiger partial charge in [-0.2, -0.15) is 5.10 Å². The van der Waals surface area contributed by atoms with Crippen LogP contribution in [0.4, 0.5) is 0 Å². The van der Waals surface area contributed by atoms with Gasteiger partial charge in [0.1, 0.15) is 6.33 Å². The molecule has 5 aliphatic rings. The van der Waals surface area contributed by atoms with Gasteiger partial charge in [0.25, 0.3) is 0 Å². The standard InChI is InChI=1S/C44H67N5O4/c1-27(2)29(5)39(6)18-19-41(8)31-14-15-34-40(7)23-52-25-44(34,32(31)16-17-42(41,9)35(39)38(50)51)21-33(36(40)53-24-43(10,45-11)28(3)4)49-37(47-26-48-49)30-13-12-20-46-22-30/h12-13,16,20,22,26-29,31,33-36,45H,14-15,17-19,21,23-25H2,1-11H3,(H,50,51)/t29-,31+,33-,34+,35-,36+,39-,40+,41-,42+,43+,44?/m1/s1. The Balaban J connectivity index is 1.35. The minimum absolute atomic E-state index is 0.0832. The zero-order valence-electron chi connectivity index (χ0n) is 34.4. The Morgan fingerprint density at radius 3 is 2.51 bits per heavy atom. The van der Waals surface area contributed by atoms with Crippen LogP contribution < -0.4 is 5.32 Å². The van der Waals surface area contributed by atoms with E-state index >= 15 is 0 Å². The van der Waals surface area contributed by atoms with Crippen molar-refractivity contribution >= 4 is 5.97 Å². The highest BCUT2D eigenvalue weighted by Gasteiger charge is 2.72. The molecule has 4 fully saturated rings. The third-order valence-electron chi connectivity index (χ3n) is 17.3. The molecule has 3 heterocycles. The summed E-state index contributed by atoms with van der Waals surface area (Å²) in [6.07, 6.45) is 13.5. The number of nitrogens with one attached hydrogen (secondary N) is 1. The third-order valence-corrected chi connectivity index (χ3v) is 17.3. The number of aromatic nitrogens is 4. The summed E-state index contributed by atoms with van der Waals surface area (Å²) in [5.41, 5.74) is 1.00. The molecule has 1 aliphatic heterocycles. The summed E-state index contributed by atoms with van der Waals surface area (Å²) in [5, 5.41) is 19.7. The number of likely N-dealkylation sites (N-methyl/N-ethyl adjacent to an activating group) is 1. The molecule has 1 unspecified atom stereocenters. The summed E-state index contributed by atoms with van der Waals surface area (Å²) in [6.45, 7) is 25.0. The maximum atomic E-state index is 13.6. The van der Waals surface area contributed by atoms with E-state index in [1.807, 2.05) is 19.3 Å². The molecule has 3 saturated carbocycles. The highest BCUT2D eigenvalue weighted by atomic mass is 16.5. The quantitative estimate of drug-likeness (QED) is 0.234. The fourth-order valence-corrected chi connectivity index (χ4v) is 13.1. The highest BCUT2D eigenvalue weighted by molar-refractivity contribution is 5.73. The molecule has 292 valence electrons. The Bertz CT molecular complexity index is 1710. The summed E-state index contributed by atoms with van der Waals surface area (Å²) in [6, 6.07) is 3.94. The van der Waals surface area contributed by atoms with E-state index in [9.17, 15) is 9.90 Å². The lowest BCUT2D eigenvalue weighted by atomic mass is 9.34. The Morgan fingerprint density at radius 1 is 1.11 bits per heavy atom. The minimum Gasteiger partial charge on any atom is -0.481 e. The van der Waals surface area contributed by atoms with Crippen LogP contribution in [0.15, 0.2) is 42.5 Å². The predicted octanol–water partition coefficient (Wildman–Crippen LogP) is 8.49. The van der Waals surface area contributed by atoms with Crippen molar-refractivity contribution in [2.75, 3.05) is 26.9 Å². The number of pyridine rings is 1. The number of fused-ring (bicyclic) bond motifs is 3. The van der Waals surface area contributed by atoms with E-state index in [2.05, 4.69) is 96.4 Å². The number of allylic oxidation sites excluding steroid dienone is 1. The van der Waals surface area contributed by atoms with Crippen molar-refractivity contribution in [1.82, 2.24) is 25.1 Å². The highest BCUT2D eigenvalue weighted by Crippen LogP contribution is 2.75. The number of rotatable bonds is 10. The number of carboxylic acid groups (broad SMARTS) is 1. The number of hydrogen-bond acceptors (Lipinski definition) is 7.